The van der Waals surface area contributed by atoms with Crippen molar-refractivity contribution in [2.75, 3.05) is 145 Å². The zero-order chi connectivity index (χ0) is 83.2. The van der Waals surface area contributed by atoms with E-state index in [0.29, 0.717) is 194 Å². The molecule has 8 atom stereocenters. The van der Waals surface area contributed by atoms with E-state index in [1.54, 1.807) is 54.8 Å². The van der Waals surface area contributed by atoms with Crippen LogP contribution >= 0.6 is 23.2 Å². The molecule has 5 fully saturated rings. The van der Waals surface area contributed by atoms with Crippen LogP contribution in [0.2, 0.25) is 0 Å². The number of hydrogen-bond donors (Lipinski definition) is 1. The van der Waals surface area contributed by atoms with Crippen molar-refractivity contribution in [1.82, 2.24) is 19.6 Å². The van der Waals surface area contributed by atoms with Crippen LogP contribution in [0.25, 0.3) is 21.5 Å². The number of likely N-dealkylation sites (N-methyl/N-ethyl adjacent to an activating group) is 1. The second kappa shape index (κ2) is 40.2. The van der Waals surface area contributed by atoms with E-state index in [2.05, 4.69) is 18.1 Å². The minimum atomic E-state index is -0.866. The second-order valence-corrected chi connectivity index (χ2v) is 32.3. The van der Waals surface area contributed by atoms with Gasteiger partial charge in [0.25, 0.3) is 11.8 Å². The Hall–Kier alpha value is -9.61. The summed E-state index contributed by atoms with van der Waals surface area (Å²) in [6.07, 6.45) is 12.9. The van der Waals surface area contributed by atoms with Gasteiger partial charge in [0, 0.05) is 137 Å². The number of piperidine rings is 2. The van der Waals surface area contributed by atoms with Crippen LogP contribution in [-0.4, -0.2) is 229 Å². The van der Waals surface area contributed by atoms with Gasteiger partial charge in [-0.05, 0) is 157 Å². The summed E-state index contributed by atoms with van der Waals surface area (Å²) < 4.78 is 66.5. The lowest BCUT2D eigenvalue weighted by molar-refractivity contribution is -0.199. The average molecular weight is 1680 g/mol. The number of carbonyl (C=O) groups excluding carboxylic acids is 7. The van der Waals surface area contributed by atoms with Crippen LogP contribution in [0.3, 0.4) is 0 Å². The molecule has 1 N–H and O–H groups in total. The van der Waals surface area contributed by atoms with Crippen LogP contribution in [-0.2, 0) is 38.0 Å². The number of phenols is 1. The lowest BCUT2D eigenvalue weighted by atomic mass is 9.95. The van der Waals surface area contributed by atoms with Crippen LogP contribution in [0.5, 0.6) is 34.5 Å². The number of aromatic hydroxyl groups is 1. The lowest BCUT2D eigenvalue weighted by Crippen LogP contribution is -2.57. The fourth-order valence-electron chi connectivity index (χ4n) is 17.9. The van der Waals surface area contributed by atoms with E-state index in [4.69, 9.17) is 75.3 Å². The molecular weight excluding hydrogens is 1570 g/mol. The summed E-state index contributed by atoms with van der Waals surface area (Å²) in [5.41, 5.74) is 4.65. The molecule has 5 saturated heterocycles. The van der Waals surface area contributed by atoms with Gasteiger partial charge in [-0.3, -0.25) is 19.2 Å². The van der Waals surface area contributed by atoms with Gasteiger partial charge in [0.15, 0.2) is 48.0 Å². The molecular formula is C90H110Cl2N8O19. The lowest BCUT2D eigenvalue weighted by Gasteiger charge is -2.42. The largest absolute Gasteiger partial charge is 0.507 e. The first-order chi connectivity index (χ1) is 58.0. The Bertz CT molecular complexity index is 4670. The van der Waals surface area contributed by atoms with Crippen molar-refractivity contribution in [3.63, 3.8) is 0 Å². The molecule has 638 valence electrons. The van der Waals surface area contributed by atoms with Gasteiger partial charge in [0.2, 0.25) is 11.8 Å². The summed E-state index contributed by atoms with van der Waals surface area (Å²) in [6.45, 7) is 13.8. The van der Waals surface area contributed by atoms with Crippen molar-refractivity contribution < 1.29 is 90.8 Å². The maximum atomic E-state index is 14.3. The first-order valence-corrected chi connectivity index (χ1v) is 43.3. The van der Waals surface area contributed by atoms with E-state index >= 15 is 0 Å². The van der Waals surface area contributed by atoms with E-state index in [1.807, 2.05) is 61.6 Å². The Morgan fingerprint density at radius 3 is 1.40 bits per heavy atom. The minimum Gasteiger partial charge on any atom is -0.507 e. The fourth-order valence-corrected chi connectivity index (χ4v) is 18.4. The van der Waals surface area contributed by atoms with Gasteiger partial charge in [-0.1, -0.05) is 73.8 Å². The molecule has 0 bridgehead atoms. The number of benzene rings is 6. The zero-order valence-electron chi connectivity index (χ0n) is 68.4. The molecule has 9 aliphatic rings. The van der Waals surface area contributed by atoms with Gasteiger partial charge >= 0.3 is 18.3 Å². The van der Waals surface area contributed by atoms with E-state index < -0.39 is 55.4 Å². The number of rotatable bonds is 27. The van der Waals surface area contributed by atoms with Crippen LogP contribution < -0.4 is 43.3 Å². The number of alkyl halides is 2. The maximum Gasteiger partial charge on any atom is 0.416 e. The predicted octanol–water partition coefficient (Wildman–Crippen LogP) is 15.8. The highest BCUT2D eigenvalue weighted by Crippen LogP contribution is 2.50. The van der Waals surface area contributed by atoms with Crippen molar-refractivity contribution in [2.24, 2.45) is 0 Å². The summed E-state index contributed by atoms with van der Waals surface area (Å²) in [4.78, 5) is 111. The topological polar surface area (TPSA) is 267 Å². The highest BCUT2D eigenvalue weighted by Gasteiger charge is 2.50. The van der Waals surface area contributed by atoms with E-state index in [0.717, 1.165) is 109 Å². The van der Waals surface area contributed by atoms with Gasteiger partial charge in [-0.15, -0.1) is 23.2 Å². The molecule has 7 amide bonds. The molecule has 27 nitrogen and oxygen atoms in total. The molecule has 9 heterocycles. The van der Waals surface area contributed by atoms with Crippen LogP contribution in [0.15, 0.2) is 110 Å². The average Bonchev–Trinajstić information content (AvgIpc) is 1.65. The number of unbranched alkanes of at least 4 members (excludes halogenated alkanes) is 4. The van der Waals surface area contributed by atoms with Crippen molar-refractivity contribution in [3.8, 4) is 34.5 Å². The quantitative estimate of drug-likeness (QED) is 0.0285. The number of phenolic OH excluding ortho intramolecular Hbond substituents is 1. The van der Waals surface area contributed by atoms with Crippen LogP contribution in [0.1, 0.15) is 172 Å². The molecule has 119 heavy (non-hydrogen) atoms. The van der Waals surface area contributed by atoms with Gasteiger partial charge < -0.3 is 86.6 Å². The van der Waals surface area contributed by atoms with E-state index in [-0.39, 0.29) is 66.6 Å². The number of methoxy groups -OCH3 is 2. The standard InChI is InChI=1S/C48H60ClN5O10.C42H50ClN3O9/c1-4-24-62-48(58)54-37-28-41(40(59-3)27-35(37)45(56)52-19-11-9-16-36(52)46(54)64-43-18-10-13-26-61-43)60-25-12-5-6-17-42(55)53-31-32(30-49)44-34-15-8-7-14-33(34)39(29-38(44)53)63-47(57)51-22-20-50(2)21-23-51;1-3-19-54-42(50)46-32-24-36(35(51-2)22-30(32)40(49)44-18-10-8-15-31(44)41(46)55-38-17-9-12-21-53-38)52-20-11-4-5-16-37(48)45-26-27(25-43)39-29-14-7-6-13-28(29)34(47)23-33(39)45/h4,7-8,14-15,27-29,32,36,43,46H,1,5-6,9-13,16-26,30-31H2,2-3H3;3,6-7,13-14,22-24,27,31,38,41,47H,1,4-5,8-12,15-21,25-26H2,2H3/t32-,36+,43?,46?;27-,31+,38?,41?/m11/s1. The third-order valence-corrected chi connectivity index (χ3v) is 24.8. The van der Waals surface area contributed by atoms with E-state index in [9.17, 15) is 38.7 Å². The summed E-state index contributed by atoms with van der Waals surface area (Å²) in [5.74, 6) is 2.15. The molecule has 0 radical (unpaired) electrons. The number of piperazine rings is 1. The van der Waals surface area contributed by atoms with Crippen molar-refractivity contribution in [3.05, 3.63) is 132 Å². The number of amides is 7. The minimum absolute atomic E-state index is 0.0153. The molecule has 0 aliphatic carbocycles. The number of ether oxygens (including phenoxy) is 11. The van der Waals surface area contributed by atoms with Gasteiger partial charge in [-0.25, -0.2) is 24.2 Å². The SMILES string of the molecule is C=CCOC(=O)N1c2cc(OCCCCCC(=O)N3C[C@@H](CCl)c4c3cc(O)c3ccccc43)c(OC)cc2C(=O)N2CCCC[C@H]2C1OC1CCCCO1.C=CCOC(=O)N1c2cc(OCCCCCC(=O)N3C[C@@H](CCl)c4c3cc(OC(=O)N3CCN(C)CC3)c3ccccc43)c(OC)cc2C(=O)N2CCCC[C@H]2C1OC1CCCCO1. The molecule has 0 aromatic heterocycles. The maximum absolute atomic E-state index is 14.3. The Morgan fingerprint density at radius 2 is 0.950 bits per heavy atom. The number of anilines is 4. The fraction of sp³-hybridized carbons (Fsp3) is 0.522. The summed E-state index contributed by atoms with van der Waals surface area (Å²) in [6, 6.07) is 24.7. The van der Waals surface area contributed by atoms with Crippen molar-refractivity contribution >= 4 is 109 Å². The first kappa shape index (κ1) is 85.8. The highest BCUT2D eigenvalue weighted by molar-refractivity contribution is 6.20. The Morgan fingerprint density at radius 1 is 0.504 bits per heavy atom. The molecule has 29 heteroatoms. The molecule has 6 aromatic carbocycles. The summed E-state index contributed by atoms with van der Waals surface area (Å²) >= 11 is 12.9. The smallest absolute Gasteiger partial charge is 0.416 e. The Balaban J connectivity index is 0.000000197. The normalized spacial score (nSPS) is 22.2. The Kier molecular flexibility index (Phi) is 29.0. The number of fused-ring (bicyclic) bond motifs is 10. The highest BCUT2D eigenvalue weighted by atomic mass is 35.5. The first-order valence-electron chi connectivity index (χ1n) is 42.2. The van der Waals surface area contributed by atoms with Crippen LogP contribution in [0.4, 0.5) is 37.1 Å². The summed E-state index contributed by atoms with van der Waals surface area (Å²) in [5, 5.41) is 14.1. The number of carbonyl (C=O) groups is 7. The monoisotopic (exact) mass is 1680 g/mol. The molecule has 0 spiro atoms. The Labute approximate surface area is 705 Å². The predicted molar refractivity (Wildman–Crippen MR) is 453 cm³/mol. The van der Waals surface area contributed by atoms with Crippen LogP contribution in [0, 0.1) is 0 Å². The zero-order valence-corrected chi connectivity index (χ0v) is 69.9. The molecule has 0 saturated carbocycles. The van der Waals surface area contributed by atoms with Gasteiger partial charge in [0.1, 0.15) is 24.7 Å². The van der Waals surface area contributed by atoms with Gasteiger partial charge in [0.05, 0.1) is 73.4 Å². The van der Waals surface area contributed by atoms with Crippen molar-refractivity contribution in [1.29, 1.82) is 0 Å². The second-order valence-electron chi connectivity index (χ2n) is 31.7. The van der Waals surface area contributed by atoms with E-state index in [1.165, 1.54) is 36.2 Å². The third kappa shape index (κ3) is 19.0. The molecule has 15 rings (SSSR count). The molecule has 6 aromatic rings. The number of hydrogen-bond acceptors (Lipinski definition) is 20. The number of halogens is 2. The van der Waals surface area contributed by atoms with Gasteiger partial charge in [-0.2, -0.15) is 0 Å². The summed E-state index contributed by atoms with van der Waals surface area (Å²) in [7, 11) is 5.07. The van der Waals surface area contributed by atoms with Crippen molar-refractivity contribution in [2.45, 2.75) is 177 Å². The third-order valence-electron chi connectivity index (χ3n) is 24.0. The number of nitrogens with zero attached hydrogens (tertiary/aromatic N) is 8. The molecule has 4 unspecified atom stereocenters. The molecule has 9 aliphatic heterocycles.